The molecule has 6 nitrogen and oxygen atoms in total. The van der Waals surface area contributed by atoms with E-state index in [1.807, 2.05) is 6.07 Å². The highest BCUT2D eigenvalue weighted by Gasteiger charge is 2.37. The van der Waals surface area contributed by atoms with Gasteiger partial charge in [-0.2, -0.15) is 5.26 Å². The van der Waals surface area contributed by atoms with Crippen molar-refractivity contribution in [3.63, 3.8) is 0 Å². The van der Waals surface area contributed by atoms with Gasteiger partial charge in [0.1, 0.15) is 23.2 Å². The van der Waals surface area contributed by atoms with E-state index in [1.165, 1.54) is 7.11 Å². The fraction of sp³-hybridized carbons (Fsp3) is 0.294. The molecule has 1 aliphatic rings. The molecule has 0 amide bonds. The molecule has 1 aromatic carbocycles. The number of nitriles is 1. The summed E-state index contributed by atoms with van der Waals surface area (Å²) in [4.78, 5) is 12.4. The third-order valence-electron chi connectivity index (χ3n) is 3.55. The summed E-state index contributed by atoms with van der Waals surface area (Å²) in [6, 6.07) is 9.18. The summed E-state index contributed by atoms with van der Waals surface area (Å²) in [5.41, 5.74) is 6.90. The highest BCUT2D eigenvalue weighted by atomic mass is 16.5. The van der Waals surface area contributed by atoms with Gasteiger partial charge in [0.2, 0.25) is 5.88 Å². The number of nitrogens with zero attached hydrogens (tertiary/aromatic N) is 1. The van der Waals surface area contributed by atoms with Crippen molar-refractivity contribution in [2.75, 3.05) is 13.7 Å². The van der Waals surface area contributed by atoms with Crippen molar-refractivity contribution in [3.8, 4) is 11.8 Å². The fourth-order valence-electron chi connectivity index (χ4n) is 2.57. The Balaban J connectivity index is 2.67. The molecule has 0 radical (unpaired) electrons. The maximum Gasteiger partial charge on any atom is 0.338 e. The van der Waals surface area contributed by atoms with Crippen LogP contribution in [0.25, 0.3) is 0 Å². The quantitative estimate of drug-likeness (QED) is 0.857. The maximum atomic E-state index is 12.4. The number of nitrogens with two attached hydrogens (primary N) is 1. The van der Waals surface area contributed by atoms with Crippen LogP contribution >= 0.6 is 0 Å². The van der Waals surface area contributed by atoms with E-state index in [4.69, 9.17) is 19.9 Å². The summed E-state index contributed by atoms with van der Waals surface area (Å²) in [6.07, 6.45) is 0. The molecular formula is C17H18N2O4. The monoisotopic (exact) mass is 314 g/mol. The molecule has 2 N–H and O–H groups in total. The lowest BCUT2D eigenvalue weighted by Gasteiger charge is -2.27. The first kappa shape index (κ1) is 16.4. The zero-order valence-electron chi connectivity index (χ0n) is 13.3. The molecule has 6 heteroatoms. The van der Waals surface area contributed by atoms with Crippen molar-refractivity contribution >= 4 is 5.97 Å². The molecule has 120 valence electrons. The predicted octanol–water partition coefficient (Wildman–Crippen LogP) is 2.34. The second-order valence-electron chi connectivity index (χ2n) is 4.86. The number of allylic oxidation sites excluding steroid dienone is 2. The number of benzene rings is 1. The van der Waals surface area contributed by atoms with Gasteiger partial charge in [0.25, 0.3) is 0 Å². The molecule has 1 aromatic rings. The van der Waals surface area contributed by atoms with E-state index >= 15 is 0 Å². The summed E-state index contributed by atoms with van der Waals surface area (Å²) in [5, 5.41) is 9.49. The summed E-state index contributed by atoms with van der Waals surface area (Å²) < 4.78 is 15.8. The van der Waals surface area contributed by atoms with E-state index in [2.05, 4.69) is 0 Å². The van der Waals surface area contributed by atoms with Gasteiger partial charge in [0, 0.05) is 5.56 Å². The van der Waals surface area contributed by atoms with Crippen LogP contribution in [0.3, 0.4) is 0 Å². The molecule has 1 aliphatic heterocycles. The van der Waals surface area contributed by atoms with E-state index in [0.29, 0.717) is 17.1 Å². The van der Waals surface area contributed by atoms with Crippen molar-refractivity contribution in [2.45, 2.75) is 19.8 Å². The number of hydrogen-bond donors (Lipinski definition) is 1. The van der Waals surface area contributed by atoms with Crippen LogP contribution in [0.4, 0.5) is 0 Å². The number of ether oxygens (including phenoxy) is 3. The third-order valence-corrected chi connectivity index (χ3v) is 3.55. The van der Waals surface area contributed by atoms with E-state index < -0.39 is 11.9 Å². The number of para-hydroxylation sites is 1. The van der Waals surface area contributed by atoms with E-state index in [0.717, 1.165) is 0 Å². The molecule has 1 heterocycles. The lowest BCUT2D eigenvalue weighted by molar-refractivity contribution is -0.139. The largest absolute Gasteiger partial charge is 0.496 e. The Hall–Kier alpha value is -2.94. The normalized spacial score (nSPS) is 17.4. The molecule has 0 aromatic heterocycles. The van der Waals surface area contributed by atoms with Gasteiger partial charge in [-0.3, -0.25) is 0 Å². The Bertz CT molecular complexity index is 728. The van der Waals surface area contributed by atoms with Crippen molar-refractivity contribution in [2.24, 2.45) is 5.73 Å². The molecule has 0 bridgehead atoms. The van der Waals surface area contributed by atoms with Gasteiger partial charge >= 0.3 is 5.97 Å². The summed E-state index contributed by atoms with van der Waals surface area (Å²) >= 11 is 0. The van der Waals surface area contributed by atoms with Gasteiger partial charge in [0.05, 0.1) is 25.2 Å². The van der Waals surface area contributed by atoms with E-state index in [1.54, 1.807) is 38.1 Å². The van der Waals surface area contributed by atoms with Crippen LogP contribution in [0, 0.1) is 11.3 Å². The summed E-state index contributed by atoms with van der Waals surface area (Å²) in [7, 11) is 1.53. The first-order chi connectivity index (χ1) is 11.0. The molecule has 0 fully saturated rings. The van der Waals surface area contributed by atoms with Crippen LogP contribution in [-0.2, 0) is 14.3 Å². The number of esters is 1. The number of carbonyl (C=O) groups excluding carboxylic acids is 1. The second kappa shape index (κ2) is 6.88. The number of carbonyl (C=O) groups is 1. The van der Waals surface area contributed by atoms with E-state index in [9.17, 15) is 10.1 Å². The molecule has 0 saturated heterocycles. The first-order valence-electron chi connectivity index (χ1n) is 7.13. The minimum Gasteiger partial charge on any atom is -0.496 e. The van der Waals surface area contributed by atoms with Gasteiger partial charge in [0.15, 0.2) is 0 Å². The van der Waals surface area contributed by atoms with Gasteiger partial charge in [-0.25, -0.2) is 4.79 Å². The van der Waals surface area contributed by atoms with Crippen LogP contribution in [-0.4, -0.2) is 19.7 Å². The predicted molar refractivity (Wildman–Crippen MR) is 83.0 cm³/mol. The van der Waals surface area contributed by atoms with Crippen LogP contribution in [0.1, 0.15) is 25.3 Å². The topological polar surface area (TPSA) is 94.6 Å². The highest BCUT2D eigenvalue weighted by molar-refractivity contribution is 5.92. The first-order valence-corrected chi connectivity index (χ1v) is 7.13. The molecule has 0 aliphatic carbocycles. The van der Waals surface area contributed by atoms with Crippen LogP contribution in [0.2, 0.25) is 0 Å². The van der Waals surface area contributed by atoms with Crippen molar-refractivity contribution in [1.82, 2.24) is 0 Å². The van der Waals surface area contributed by atoms with Crippen LogP contribution < -0.4 is 10.5 Å². The van der Waals surface area contributed by atoms with Crippen molar-refractivity contribution in [3.05, 3.63) is 52.6 Å². The smallest absolute Gasteiger partial charge is 0.338 e. The Labute approximate surface area is 134 Å². The maximum absolute atomic E-state index is 12.4. The van der Waals surface area contributed by atoms with Crippen molar-refractivity contribution in [1.29, 1.82) is 5.26 Å². The van der Waals surface area contributed by atoms with E-state index in [-0.39, 0.29) is 23.6 Å². The number of methoxy groups -OCH3 is 1. The van der Waals surface area contributed by atoms with Gasteiger partial charge in [-0.15, -0.1) is 0 Å². The zero-order chi connectivity index (χ0) is 17.0. The average molecular weight is 314 g/mol. The van der Waals surface area contributed by atoms with Crippen LogP contribution in [0.5, 0.6) is 5.75 Å². The van der Waals surface area contributed by atoms with Gasteiger partial charge in [-0.1, -0.05) is 18.2 Å². The minimum absolute atomic E-state index is 0.0195. The standard InChI is InChI=1S/C17H18N2O4/c1-4-22-17(20)14-10(2)23-16(19)12(9-18)15(14)11-7-5-6-8-13(11)21-3/h5-8,15H,4,19H2,1-3H3/t15-/m0/s1. The summed E-state index contributed by atoms with van der Waals surface area (Å²) in [6.45, 7) is 3.55. The SMILES string of the molecule is CCOC(=O)C1=C(C)OC(N)=C(C#N)[C@@H]1c1ccccc1OC. The van der Waals surface area contributed by atoms with Gasteiger partial charge in [-0.05, 0) is 19.9 Å². The zero-order valence-corrected chi connectivity index (χ0v) is 13.3. The summed E-state index contributed by atoms with van der Waals surface area (Å²) in [5.74, 6) is -0.385. The minimum atomic E-state index is -0.691. The molecule has 0 unspecified atom stereocenters. The Kier molecular flexibility index (Phi) is 4.91. The lowest BCUT2D eigenvalue weighted by atomic mass is 9.82. The van der Waals surface area contributed by atoms with Crippen LogP contribution in [0.15, 0.2) is 47.1 Å². The fourth-order valence-corrected chi connectivity index (χ4v) is 2.57. The Morgan fingerprint density at radius 3 is 2.74 bits per heavy atom. The second-order valence-corrected chi connectivity index (χ2v) is 4.86. The molecular weight excluding hydrogens is 296 g/mol. The Morgan fingerprint density at radius 2 is 2.13 bits per heavy atom. The highest BCUT2D eigenvalue weighted by Crippen LogP contribution is 2.42. The van der Waals surface area contributed by atoms with Gasteiger partial charge < -0.3 is 19.9 Å². The molecule has 0 spiro atoms. The number of rotatable bonds is 4. The molecule has 0 saturated carbocycles. The Morgan fingerprint density at radius 1 is 1.43 bits per heavy atom. The molecule has 23 heavy (non-hydrogen) atoms. The average Bonchev–Trinajstić information content (AvgIpc) is 2.54. The molecule has 1 atom stereocenters. The third kappa shape index (κ3) is 2.99. The lowest BCUT2D eigenvalue weighted by Crippen LogP contribution is -2.25. The molecule has 2 rings (SSSR count). The van der Waals surface area contributed by atoms with Crippen molar-refractivity contribution < 1.29 is 19.0 Å². The number of hydrogen-bond acceptors (Lipinski definition) is 6.